The number of amides is 1. The number of halogens is 1. The fraction of sp³-hybridized carbons (Fsp3) is 0.533. The van der Waals surface area contributed by atoms with Crippen molar-refractivity contribution in [3.8, 4) is 5.75 Å². The van der Waals surface area contributed by atoms with Gasteiger partial charge in [-0.05, 0) is 37.7 Å². The minimum Gasteiger partial charge on any atom is -0.481 e. The lowest BCUT2D eigenvalue weighted by Crippen LogP contribution is -2.51. The molecule has 1 heterocycles. The zero-order valence-electron chi connectivity index (χ0n) is 12.0. The molecule has 2 rings (SSSR count). The second-order valence-corrected chi connectivity index (χ2v) is 5.41. The summed E-state index contributed by atoms with van der Waals surface area (Å²) in [6.45, 7) is 8.42. The Balaban J connectivity index is 1.87. The second-order valence-electron chi connectivity index (χ2n) is 4.97. The molecule has 1 aliphatic rings. The largest absolute Gasteiger partial charge is 0.481 e. The van der Waals surface area contributed by atoms with Gasteiger partial charge in [0.15, 0.2) is 6.10 Å². The monoisotopic (exact) mass is 296 g/mol. The van der Waals surface area contributed by atoms with E-state index in [2.05, 4.69) is 11.8 Å². The average molecular weight is 297 g/mol. The molecule has 0 aromatic heterocycles. The van der Waals surface area contributed by atoms with E-state index in [1.165, 1.54) is 0 Å². The van der Waals surface area contributed by atoms with Crippen molar-refractivity contribution >= 4 is 17.5 Å². The van der Waals surface area contributed by atoms with E-state index in [1.54, 1.807) is 31.2 Å². The van der Waals surface area contributed by atoms with Crippen LogP contribution >= 0.6 is 11.6 Å². The predicted octanol–water partition coefficient (Wildman–Crippen LogP) is 2.27. The Morgan fingerprint density at radius 2 is 1.85 bits per heavy atom. The van der Waals surface area contributed by atoms with Gasteiger partial charge >= 0.3 is 0 Å². The Kier molecular flexibility index (Phi) is 5.26. The minimum absolute atomic E-state index is 0.0516. The highest BCUT2D eigenvalue weighted by Crippen LogP contribution is 2.17. The quantitative estimate of drug-likeness (QED) is 0.854. The molecule has 20 heavy (non-hydrogen) atoms. The average Bonchev–Trinajstić information content (AvgIpc) is 2.49. The van der Waals surface area contributed by atoms with Crippen LogP contribution in [0.15, 0.2) is 24.3 Å². The van der Waals surface area contributed by atoms with Gasteiger partial charge in [-0.2, -0.15) is 0 Å². The van der Waals surface area contributed by atoms with Crippen LogP contribution in [-0.2, 0) is 4.79 Å². The summed E-state index contributed by atoms with van der Waals surface area (Å²) in [5, 5.41) is 0.659. The van der Waals surface area contributed by atoms with Gasteiger partial charge in [0, 0.05) is 31.2 Å². The van der Waals surface area contributed by atoms with Crippen LogP contribution in [-0.4, -0.2) is 54.5 Å². The number of ether oxygens (including phenoxy) is 1. The molecule has 1 aromatic rings. The molecule has 1 saturated heterocycles. The van der Waals surface area contributed by atoms with Gasteiger partial charge < -0.3 is 14.5 Å². The molecule has 0 aliphatic carbocycles. The maximum atomic E-state index is 12.3. The lowest BCUT2D eigenvalue weighted by Gasteiger charge is -2.35. The maximum absolute atomic E-state index is 12.3. The summed E-state index contributed by atoms with van der Waals surface area (Å²) in [7, 11) is 0. The number of carbonyl (C=O) groups is 1. The molecule has 0 bridgehead atoms. The molecule has 0 unspecified atom stereocenters. The summed E-state index contributed by atoms with van der Waals surface area (Å²) in [6, 6.07) is 7.07. The van der Waals surface area contributed by atoms with Gasteiger partial charge in [-0.3, -0.25) is 4.79 Å². The van der Waals surface area contributed by atoms with E-state index in [1.807, 2.05) is 4.90 Å². The van der Waals surface area contributed by atoms with Gasteiger partial charge in [-0.25, -0.2) is 0 Å². The molecule has 1 amide bonds. The van der Waals surface area contributed by atoms with Crippen LogP contribution in [0.1, 0.15) is 13.8 Å². The highest BCUT2D eigenvalue weighted by molar-refractivity contribution is 6.30. The SMILES string of the molecule is CCN1CCN(C(=O)[C@H](C)Oc2ccc(Cl)cc2)CC1. The normalized spacial score (nSPS) is 17.9. The van der Waals surface area contributed by atoms with E-state index in [-0.39, 0.29) is 5.91 Å². The van der Waals surface area contributed by atoms with Crippen molar-refractivity contribution in [1.82, 2.24) is 9.80 Å². The zero-order valence-corrected chi connectivity index (χ0v) is 12.8. The summed E-state index contributed by atoms with van der Waals surface area (Å²) >= 11 is 5.82. The first-order valence-electron chi connectivity index (χ1n) is 7.03. The highest BCUT2D eigenvalue weighted by Gasteiger charge is 2.25. The molecule has 0 N–H and O–H groups in total. The smallest absolute Gasteiger partial charge is 0.263 e. The molecule has 1 atom stereocenters. The number of rotatable bonds is 4. The van der Waals surface area contributed by atoms with Crippen molar-refractivity contribution in [2.75, 3.05) is 32.7 Å². The van der Waals surface area contributed by atoms with Crippen LogP contribution in [0.5, 0.6) is 5.75 Å². The molecular weight excluding hydrogens is 276 g/mol. The topological polar surface area (TPSA) is 32.8 Å². The third kappa shape index (κ3) is 3.87. The molecule has 1 aromatic carbocycles. The number of carbonyl (C=O) groups excluding carboxylic acids is 1. The van der Waals surface area contributed by atoms with Crippen LogP contribution < -0.4 is 4.74 Å². The molecule has 5 heteroatoms. The number of nitrogens with zero attached hydrogens (tertiary/aromatic N) is 2. The Morgan fingerprint density at radius 1 is 1.25 bits per heavy atom. The van der Waals surface area contributed by atoms with Crippen molar-refractivity contribution in [2.24, 2.45) is 0 Å². The van der Waals surface area contributed by atoms with Crippen molar-refractivity contribution in [2.45, 2.75) is 20.0 Å². The van der Waals surface area contributed by atoms with E-state index < -0.39 is 6.10 Å². The summed E-state index contributed by atoms with van der Waals surface area (Å²) in [4.78, 5) is 16.5. The van der Waals surface area contributed by atoms with Gasteiger partial charge in [0.05, 0.1) is 0 Å². The molecule has 110 valence electrons. The van der Waals surface area contributed by atoms with Gasteiger partial charge in [0.2, 0.25) is 0 Å². The molecule has 0 radical (unpaired) electrons. The molecule has 0 saturated carbocycles. The van der Waals surface area contributed by atoms with Crippen LogP contribution in [0.4, 0.5) is 0 Å². The lowest BCUT2D eigenvalue weighted by molar-refractivity contribution is -0.139. The third-order valence-corrected chi connectivity index (χ3v) is 3.86. The van der Waals surface area contributed by atoms with Crippen molar-refractivity contribution in [3.05, 3.63) is 29.3 Å². The molecule has 1 fully saturated rings. The van der Waals surface area contributed by atoms with E-state index in [0.29, 0.717) is 10.8 Å². The number of hydrogen-bond acceptors (Lipinski definition) is 3. The zero-order chi connectivity index (χ0) is 14.5. The van der Waals surface area contributed by atoms with E-state index >= 15 is 0 Å². The van der Waals surface area contributed by atoms with Gasteiger partial charge in [0.25, 0.3) is 5.91 Å². The molecular formula is C15H21ClN2O2. The number of benzene rings is 1. The maximum Gasteiger partial charge on any atom is 0.263 e. The third-order valence-electron chi connectivity index (χ3n) is 3.61. The van der Waals surface area contributed by atoms with Crippen LogP contribution in [0.3, 0.4) is 0 Å². The van der Waals surface area contributed by atoms with Gasteiger partial charge in [-0.15, -0.1) is 0 Å². The predicted molar refractivity (Wildman–Crippen MR) is 80.2 cm³/mol. The minimum atomic E-state index is -0.468. The Morgan fingerprint density at radius 3 is 2.40 bits per heavy atom. The number of likely N-dealkylation sites (N-methyl/N-ethyl adjacent to an activating group) is 1. The number of piperazine rings is 1. The fourth-order valence-corrected chi connectivity index (χ4v) is 2.44. The van der Waals surface area contributed by atoms with Crippen LogP contribution in [0.2, 0.25) is 5.02 Å². The molecule has 4 nitrogen and oxygen atoms in total. The first-order valence-corrected chi connectivity index (χ1v) is 7.41. The summed E-state index contributed by atoms with van der Waals surface area (Å²) in [5.74, 6) is 0.721. The first-order chi connectivity index (χ1) is 9.60. The molecule has 0 spiro atoms. The van der Waals surface area contributed by atoms with Crippen LogP contribution in [0, 0.1) is 0 Å². The number of hydrogen-bond donors (Lipinski definition) is 0. The van der Waals surface area contributed by atoms with Crippen molar-refractivity contribution < 1.29 is 9.53 Å². The summed E-state index contributed by atoms with van der Waals surface area (Å²) < 4.78 is 5.67. The summed E-state index contributed by atoms with van der Waals surface area (Å²) in [5.41, 5.74) is 0. The molecule has 1 aliphatic heterocycles. The van der Waals surface area contributed by atoms with Crippen LogP contribution in [0.25, 0.3) is 0 Å². The lowest BCUT2D eigenvalue weighted by atomic mass is 10.2. The Hall–Kier alpha value is -1.26. The highest BCUT2D eigenvalue weighted by atomic mass is 35.5. The fourth-order valence-electron chi connectivity index (χ4n) is 2.31. The Bertz CT molecular complexity index is 442. The van der Waals surface area contributed by atoms with E-state index in [4.69, 9.17) is 16.3 Å². The summed E-state index contributed by atoms with van der Waals surface area (Å²) in [6.07, 6.45) is -0.468. The van der Waals surface area contributed by atoms with E-state index in [9.17, 15) is 4.79 Å². The van der Waals surface area contributed by atoms with Crippen molar-refractivity contribution in [1.29, 1.82) is 0 Å². The van der Waals surface area contributed by atoms with Gasteiger partial charge in [-0.1, -0.05) is 18.5 Å². The van der Waals surface area contributed by atoms with E-state index in [0.717, 1.165) is 32.7 Å². The second kappa shape index (κ2) is 6.95. The first kappa shape index (κ1) is 15.1. The van der Waals surface area contributed by atoms with Crippen molar-refractivity contribution in [3.63, 3.8) is 0 Å². The Labute approximate surface area is 125 Å². The standard InChI is InChI=1S/C15H21ClN2O2/c1-3-17-8-10-18(11-9-17)15(19)12(2)20-14-6-4-13(16)5-7-14/h4-7,12H,3,8-11H2,1-2H3/t12-/m0/s1. The van der Waals surface area contributed by atoms with Gasteiger partial charge in [0.1, 0.15) is 5.75 Å².